The predicted octanol–water partition coefficient (Wildman–Crippen LogP) is 1.82. The molecule has 9 heavy (non-hydrogen) atoms. The van der Waals surface area contributed by atoms with Gasteiger partial charge < -0.3 is 0 Å². The zero-order valence-electron chi connectivity index (χ0n) is 5.67. The molecule has 1 unspecified atom stereocenters. The first-order valence-corrected chi connectivity index (χ1v) is 3.08. The van der Waals surface area contributed by atoms with Gasteiger partial charge in [0.15, 0.2) is 0 Å². The predicted molar refractivity (Wildman–Crippen MR) is 40.8 cm³/mol. The highest BCUT2D eigenvalue weighted by molar-refractivity contribution is 5.72. The molecule has 0 aliphatic carbocycles. The molecule has 1 heteroatoms. The van der Waals surface area contributed by atoms with Gasteiger partial charge >= 0.3 is 0 Å². The topological polar surface area (TPSA) is 12.4 Å². The van der Waals surface area contributed by atoms with E-state index in [1.54, 1.807) is 0 Å². The molecule has 1 rings (SSSR count). The maximum absolute atomic E-state index is 4.12. The van der Waals surface area contributed by atoms with Crippen LogP contribution in [0.2, 0.25) is 0 Å². The molecule has 0 amide bonds. The van der Waals surface area contributed by atoms with Crippen molar-refractivity contribution in [2.24, 2.45) is 10.4 Å². The SMILES string of the molecule is C=CC1(C)C=CC=NC1. The van der Waals surface area contributed by atoms with Crippen molar-refractivity contribution in [3.05, 3.63) is 24.8 Å². The molecule has 0 radical (unpaired) electrons. The lowest BCUT2D eigenvalue weighted by Gasteiger charge is -2.20. The molecule has 1 heterocycles. The van der Waals surface area contributed by atoms with Gasteiger partial charge in [-0.15, -0.1) is 6.58 Å². The van der Waals surface area contributed by atoms with Gasteiger partial charge in [-0.3, -0.25) is 4.99 Å². The average molecular weight is 121 g/mol. The quantitative estimate of drug-likeness (QED) is 0.469. The fraction of sp³-hybridized carbons (Fsp3) is 0.375. The molecule has 0 aromatic rings. The normalized spacial score (nSPS) is 32.6. The van der Waals surface area contributed by atoms with Gasteiger partial charge in [0.2, 0.25) is 0 Å². The smallest absolute Gasteiger partial charge is 0.0512 e. The molecule has 0 saturated heterocycles. The summed E-state index contributed by atoms with van der Waals surface area (Å²) in [6.45, 7) is 6.69. The Balaban J connectivity index is 2.73. The summed E-state index contributed by atoms with van der Waals surface area (Å²) in [7, 11) is 0. The maximum Gasteiger partial charge on any atom is 0.0512 e. The van der Waals surface area contributed by atoms with Crippen molar-refractivity contribution in [3.8, 4) is 0 Å². The summed E-state index contributed by atoms with van der Waals surface area (Å²) >= 11 is 0. The minimum atomic E-state index is 0.106. The molecule has 48 valence electrons. The van der Waals surface area contributed by atoms with Gasteiger partial charge in [-0.05, 0) is 6.08 Å². The van der Waals surface area contributed by atoms with E-state index < -0.39 is 0 Å². The number of aliphatic imine (C=N–C) groups is 1. The fourth-order valence-corrected chi connectivity index (χ4v) is 0.758. The first-order valence-electron chi connectivity index (χ1n) is 3.08. The van der Waals surface area contributed by atoms with Gasteiger partial charge in [-0.2, -0.15) is 0 Å². The van der Waals surface area contributed by atoms with Gasteiger partial charge in [-0.25, -0.2) is 0 Å². The Morgan fingerprint density at radius 1 is 1.78 bits per heavy atom. The Morgan fingerprint density at radius 2 is 2.56 bits per heavy atom. The average Bonchev–Trinajstić information content (AvgIpc) is 1.90. The Bertz CT molecular complexity index is 167. The van der Waals surface area contributed by atoms with Crippen LogP contribution in [0.15, 0.2) is 29.8 Å². The molecule has 0 spiro atoms. The number of nitrogens with zero attached hydrogens (tertiary/aromatic N) is 1. The number of rotatable bonds is 1. The monoisotopic (exact) mass is 121 g/mol. The third-order valence-corrected chi connectivity index (χ3v) is 1.57. The Morgan fingerprint density at radius 3 is 2.89 bits per heavy atom. The molecule has 0 saturated carbocycles. The number of dihydropyridines is 1. The van der Waals surface area contributed by atoms with Gasteiger partial charge in [0.1, 0.15) is 0 Å². The standard InChI is InChI=1S/C8H11N/c1-3-8(2)5-4-6-9-7-8/h3-6H,1,7H2,2H3. The van der Waals surface area contributed by atoms with E-state index in [2.05, 4.69) is 24.6 Å². The molecule has 1 aliphatic rings. The van der Waals surface area contributed by atoms with Gasteiger partial charge in [0, 0.05) is 11.6 Å². The zero-order chi connectivity index (χ0) is 6.74. The zero-order valence-corrected chi connectivity index (χ0v) is 5.67. The highest BCUT2D eigenvalue weighted by Gasteiger charge is 2.15. The van der Waals surface area contributed by atoms with E-state index in [4.69, 9.17) is 0 Å². The van der Waals surface area contributed by atoms with Gasteiger partial charge in [0.25, 0.3) is 0 Å². The van der Waals surface area contributed by atoms with Crippen LogP contribution in [0.3, 0.4) is 0 Å². The molecule has 0 bridgehead atoms. The van der Waals surface area contributed by atoms with Crippen LogP contribution in [-0.4, -0.2) is 12.8 Å². The van der Waals surface area contributed by atoms with E-state index in [9.17, 15) is 0 Å². The van der Waals surface area contributed by atoms with E-state index in [1.165, 1.54) is 0 Å². The Labute approximate surface area is 55.8 Å². The fourth-order valence-electron chi connectivity index (χ4n) is 0.758. The lowest BCUT2D eigenvalue weighted by atomic mass is 9.89. The minimum Gasteiger partial charge on any atom is -0.292 e. The van der Waals surface area contributed by atoms with Crippen molar-refractivity contribution in [2.75, 3.05) is 6.54 Å². The maximum atomic E-state index is 4.12. The van der Waals surface area contributed by atoms with Crippen molar-refractivity contribution in [2.45, 2.75) is 6.92 Å². The van der Waals surface area contributed by atoms with Crippen LogP contribution in [0, 0.1) is 5.41 Å². The minimum absolute atomic E-state index is 0.106. The van der Waals surface area contributed by atoms with Crippen LogP contribution < -0.4 is 0 Å². The summed E-state index contributed by atoms with van der Waals surface area (Å²) in [6, 6.07) is 0. The van der Waals surface area contributed by atoms with Crippen LogP contribution in [0.5, 0.6) is 0 Å². The van der Waals surface area contributed by atoms with Crippen molar-refractivity contribution in [3.63, 3.8) is 0 Å². The first-order chi connectivity index (χ1) is 4.27. The van der Waals surface area contributed by atoms with E-state index in [0.717, 1.165) is 6.54 Å². The molecule has 1 nitrogen and oxygen atoms in total. The molecule has 0 N–H and O–H groups in total. The van der Waals surface area contributed by atoms with E-state index in [1.807, 2.05) is 18.4 Å². The second kappa shape index (κ2) is 2.18. The summed E-state index contributed by atoms with van der Waals surface area (Å²) in [5.41, 5.74) is 0.106. The van der Waals surface area contributed by atoms with Crippen LogP contribution in [-0.2, 0) is 0 Å². The van der Waals surface area contributed by atoms with Gasteiger partial charge in [0.05, 0.1) is 6.54 Å². The molecule has 0 aromatic carbocycles. The largest absolute Gasteiger partial charge is 0.292 e. The molecule has 1 aliphatic heterocycles. The van der Waals surface area contributed by atoms with Gasteiger partial charge in [-0.1, -0.05) is 19.1 Å². The molecular weight excluding hydrogens is 110 g/mol. The van der Waals surface area contributed by atoms with Crippen molar-refractivity contribution in [1.82, 2.24) is 0 Å². The highest BCUT2D eigenvalue weighted by atomic mass is 14.7. The summed E-state index contributed by atoms with van der Waals surface area (Å²) in [6.07, 6.45) is 7.84. The van der Waals surface area contributed by atoms with Crippen molar-refractivity contribution in [1.29, 1.82) is 0 Å². The summed E-state index contributed by atoms with van der Waals surface area (Å²) in [5.74, 6) is 0. The third-order valence-electron chi connectivity index (χ3n) is 1.57. The second-order valence-electron chi connectivity index (χ2n) is 2.56. The molecule has 1 atom stereocenters. The van der Waals surface area contributed by atoms with Crippen molar-refractivity contribution >= 4 is 6.21 Å². The number of allylic oxidation sites excluding steroid dienone is 1. The third kappa shape index (κ3) is 1.28. The molecular formula is C8H11N. The van der Waals surface area contributed by atoms with Crippen LogP contribution in [0.1, 0.15) is 6.92 Å². The number of hydrogen-bond donors (Lipinski definition) is 0. The highest BCUT2D eigenvalue weighted by Crippen LogP contribution is 2.21. The van der Waals surface area contributed by atoms with Crippen LogP contribution in [0.25, 0.3) is 0 Å². The summed E-state index contributed by atoms with van der Waals surface area (Å²) in [4.78, 5) is 4.12. The number of hydrogen-bond acceptors (Lipinski definition) is 1. The van der Waals surface area contributed by atoms with Crippen LogP contribution >= 0.6 is 0 Å². The van der Waals surface area contributed by atoms with Crippen LogP contribution in [0.4, 0.5) is 0 Å². The lowest BCUT2D eigenvalue weighted by molar-refractivity contribution is 0.566. The molecule has 0 fully saturated rings. The van der Waals surface area contributed by atoms with Crippen molar-refractivity contribution < 1.29 is 0 Å². The lowest BCUT2D eigenvalue weighted by Crippen LogP contribution is -2.15. The Hall–Kier alpha value is -0.850. The van der Waals surface area contributed by atoms with E-state index >= 15 is 0 Å². The Kier molecular flexibility index (Phi) is 1.52. The molecule has 0 aromatic heterocycles. The first kappa shape index (κ1) is 6.27. The summed E-state index contributed by atoms with van der Waals surface area (Å²) < 4.78 is 0. The van der Waals surface area contributed by atoms with E-state index in [-0.39, 0.29) is 5.41 Å². The second-order valence-corrected chi connectivity index (χ2v) is 2.56. The van der Waals surface area contributed by atoms with E-state index in [0.29, 0.717) is 0 Å². The summed E-state index contributed by atoms with van der Waals surface area (Å²) in [5, 5.41) is 0.